The summed E-state index contributed by atoms with van der Waals surface area (Å²) in [4.78, 5) is 7.30. The van der Waals surface area contributed by atoms with Crippen molar-refractivity contribution < 1.29 is 8.94 Å². The molecular weight excluding hydrogens is 354 g/mol. The number of furan rings is 1. The Bertz CT molecular complexity index is 727. The second-order valence-electron chi connectivity index (χ2n) is 7.51. The quantitative estimate of drug-likeness (QED) is 0.534. The lowest BCUT2D eigenvalue weighted by atomic mass is 10.00. The highest BCUT2D eigenvalue weighted by Crippen LogP contribution is 2.25. The highest BCUT2D eigenvalue weighted by Gasteiger charge is 2.25. The normalized spacial score (nSPS) is 17.6. The second-order valence-corrected chi connectivity index (χ2v) is 7.51. The van der Waals surface area contributed by atoms with Gasteiger partial charge in [0.1, 0.15) is 11.5 Å². The van der Waals surface area contributed by atoms with Crippen LogP contribution in [0.25, 0.3) is 0 Å². The molecule has 2 N–H and O–H groups in total. The molecule has 0 aliphatic carbocycles. The molecule has 2 unspecified atom stereocenters. The molecule has 3 rings (SSSR count). The van der Waals surface area contributed by atoms with E-state index >= 15 is 0 Å². The number of aliphatic imine (C=N–C) groups is 1. The van der Waals surface area contributed by atoms with Crippen LogP contribution in [0.15, 0.2) is 32.3 Å². The molecule has 0 radical (unpaired) electrons. The van der Waals surface area contributed by atoms with Crippen LogP contribution >= 0.6 is 0 Å². The summed E-state index contributed by atoms with van der Waals surface area (Å²) < 4.78 is 11.0. The van der Waals surface area contributed by atoms with Crippen LogP contribution in [0.3, 0.4) is 0 Å². The van der Waals surface area contributed by atoms with Crippen molar-refractivity contribution in [2.24, 2.45) is 4.99 Å². The van der Waals surface area contributed by atoms with Crippen molar-refractivity contribution in [2.45, 2.75) is 52.5 Å². The van der Waals surface area contributed by atoms with Gasteiger partial charge in [0.05, 0.1) is 18.0 Å². The van der Waals surface area contributed by atoms with Crippen molar-refractivity contribution in [3.8, 4) is 0 Å². The third-order valence-electron chi connectivity index (χ3n) is 5.36. The van der Waals surface area contributed by atoms with E-state index in [4.69, 9.17) is 13.9 Å². The maximum absolute atomic E-state index is 5.71. The molecule has 0 bridgehead atoms. The number of hydrogen-bond donors (Lipinski definition) is 2. The maximum atomic E-state index is 5.71. The molecule has 154 valence electrons. The van der Waals surface area contributed by atoms with Gasteiger partial charge in [0, 0.05) is 31.1 Å². The minimum atomic E-state index is 0.223. The summed E-state index contributed by atoms with van der Waals surface area (Å²) in [5.74, 6) is 2.97. The van der Waals surface area contributed by atoms with E-state index in [0.717, 1.165) is 54.9 Å². The van der Waals surface area contributed by atoms with Crippen LogP contribution in [-0.2, 0) is 0 Å². The van der Waals surface area contributed by atoms with Gasteiger partial charge in [0.15, 0.2) is 5.96 Å². The van der Waals surface area contributed by atoms with E-state index in [2.05, 4.69) is 40.6 Å². The van der Waals surface area contributed by atoms with Gasteiger partial charge in [-0.1, -0.05) is 12.1 Å². The number of guanidine groups is 1. The van der Waals surface area contributed by atoms with Crippen molar-refractivity contribution in [3.63, 3.8) is 0 Å². The number of aromatic nitrogens is 1. The minimum Gasteiger partial charge on any atom is -0.468 e. The number of hydrogen-bond acceptors (Lipinski definition) is 5. The van der Waals surface area contributed by atoms with Crippen LogP contribution in [0.2, 0.25) is 0 Å². The Balaban J connectivity index is 1.65. The van der Waals surface area contributed by atoms with E-state index in [1.807, 2.05) is 19.9 Å². The molecule has 0 saturated carbocycles. The Kier molecular flexibility index (Phi) is 7.14. The Labute approximate surface area is 167 Å². The van der Waals surface area contributed by atoms with Crippen LogP contribution in [0.1, 0.15) is 61.4 Å². The maximum Gasteiger partial charge on any atom is 0.191 e. The van der Waals surface area contributed by atoms with Gasteiger partial charge in [0.2, 0.25) is 0 Å². The van der Waals surface area contributed by atoms with Gasteiger partial charge in [-0.2, -0.15) is 0 Å². The molecule has 1 aliphatic rings. The van der Waals surface area contributed by atoms with Gasteiger partial charge >= 0.3 is 0 Å². The number of nitrogens with zero attached hydrogens (tertiary/aromatic N) is 3. The Morgan fingerprint density at radius 3 is 2.68 bits per heavy atom. The number of nitrogens with one attached hydrogen (secondary N) is 2. The second kappa shape index (κ2) is 9.78. The standard InChI is InChI=1S/C21H33N5O2/c1-5-22-21(23-13-15(2)20-16(3)25-28-17(20)4)24-14-18(19-9-8-12-27-19)26-10-6-7-11-26/h8-9,12,15,18H,5-7,10-11,13-14H2,1-4H3,(H2,22,23,24). The fraction of sp³-hybridized carbons (Fsp3) is 0.619. The topological polar surface area (TPSA) is 78.8 Å². The van der Waals surface area contributed by atoms with Crippen molar-refractivity contribution in [3.05, 3.63) is 41.2 Å². The van der Waals surface area contributed by atoms with Crippen LogP contribution in [0.5, 0.6) is 0 Å². The van der Waals surface area contributed by atoms with E-state index in [-0.39, 0.29) is 12.0 Å². The van der Waals surface area contributed by atoms with Gasteiger partial charge < -0.3 is 19.6 Å². The summed E-state index contributed by atoms with van der Waals surface area (Å²) >= 11 is 0. The Hall–Kier alpha value is -2.28. The van der Waals surface area contributed by atoms with Crippen molar-refractivity contribution in [1.29, 1.82) is 0 Å². The summed E-state index contributed by atoms with van der Waals surface area (Å²) in [7, 11) is 0. The summed E-state index contributed by atoms with van der Waals surface area (Å²) in [6.07, 6.45) is 4.25. The summed E-state index contributed by atoms with van der Waals surface area (Å²) in [5.41, 5.74) is 2.11. The van der Waals surface area contributed by atoms with E-state index in [1.165, 1.54) is 12.8 Å². The van der Waals surface area contributed by atoms with Crippen LogP contribution in [0, 0.1) is 13.8 Å². The van der Waals surface area contributed by atoms with Crippen LogP contribution in [-0.4, -0.2) is 48.7 Å². The average molecular weight is 388 g/mol. The molecule has 3 heterocycles. The average Bonchev–Trinajstić information content (AvgIpc) is 3.43. The van der Waals surface area contributed by atoms with Crippen LogP contribution in [0.4, 0.5) is 0 Å². The molecule has 0 spiro atoms. The fourth-order valence-electron chi connectivity index (χ4n) is 3.99. The number of rotatable bonds is 8. The lowest BCUT2D eigenvalue weighted by molar-refractivity contribution is 0.215. The molecule has 7 heteroatoms. The molecule has 1 fully saturated rings. The highest BCUT2D eigenvalue weighted by molar-refractivity contribution is 5.79. The lowest BCUT2D eigenvalue weighted by Crippen LogP contribution is -2.42. The molecule has 2 aromatic rings. The SMILES string of the molecule is CCNC(=NCC(C)c1c(C)noc1C)NCC(c1ccco1)N1CCCC1. The fourth-order valence-corrected chi connectivity index (χ4v) is 3.99. The lowest BCUT2D eigenvalue weighted by Gasteiger charge is -2.26. The first-order valence-electron chi connectivity index (χ1n) is 10.3. The zero-order valence-corrected chi connectivity index (χ0v) is 17.5. The zero-order valence-electron chi connectivity index (χ0n) is 17.5. The third-order valence-corrected chi connectivity index (χ3v) is 5.36. The first-order valence-corrected chi connectivity index (χ1v) is 10.3. The Morgan fingerprint density at radius 2 is 2.07 bits per heavy atom. The molecular formula is C21H33N5O2. The molecule has 28 heavy (non-hydrogen) atoms. The molecule has 2 aromatic heterocycles. The minimum absolute atomic E-state index is 0.223. The van der Waals surface area contributed by atoms with Crippen molar-refractivity contribution in [2.75, 3.05) is 32.7 Å². The van der Waals surface area contributed by atoms with E-state index in [9.17, 15) is 0 Å². The summed E-state index contributed by atoms with van der Waals surface area (Å²) in [6, 6.07) is 4.25. The first kappa shape index (κ1) is 20.5. The first-order chi connectivity index (χ1) is 13.6. The summed E-state index contributed by atoms with van der Waals surface area (Å²) in [6.45, 7) is 12.7. The predicted octanol–water partition coefficient (Wildman–Crippen LogP) is 3.38. The zero-order chi connectivity index (χ0) is 19.9. The van der Waals surface area contributed by atoms with Gasteiger partial charge in [-0.25, -0.2) is 0 Å². The molecule has 2 atom stereocenters. The van der Waals surface area contributed by atoms with E-state index in [1.54, 1.807) is 6.26 Å². The Morgan fingerprint density at radius 1 is 1.29 bits per heavy atom. The molecule has 0 amide bonds. The van der Waals surface area contributed by atoms with Crippen LogP contribution < -0.4 is 10.6 Å². The highest BCUT2D eigenvalue weighted by atomic mass is 16.5. The predicted molar refractivity (Wildman–Crippen MR) is 111 cm³/mol. The largest absolute Gasteiger partial charge is 0.468 e. The van der Waals surface area contributed by atoms with E-state index in [0.29, 0.717) is 6.54 Å². The number of aryl methyl sites for hydroxylation is 2. The summed E-state index contributed by atoms with van der Waals surface area (Å²) in [5, 5.41) is 10.9. The molecule has 1 aliphatic heterocycles. The van der Waals surface area contributed by atoms with Crippen molar-refractivity contribution in [1.82, 2.24) is 20.7 Å². The van der Waals surface area contributed by atoms with Gasteiger partial charge in [-0.3, -0.25) is 9.89 Å². The van der Waals surface area contributed by atoms with Gasteiger partial charge in [-0.05, 0) is 58.8 Å². The van der Waals surface area contributed by atoms with Gasteiger partial charge in [-0.15, -0.1) is 0 Å². The van der Waals surface area contributed by atoms with Gasteiger partial charge in [0.25, 0.3) is 0 Å². The van der Waals surface area contributed by atoms with E-state index < -0.39 is 0 Å². The number of likely N-dealkylation sites (tertiary alicyclic amines) is 1. The monoisotopic (exact) mass is 387 g/mol. The van der Waals surface area contributed by atoms with Crippen molar-refractivity contribution >= 4 is 5.96 Å². The third kappa shape index (κ3) is 4.95. The molecule has 1 saturated heterocycles. The smallest absolute Gasteiger partial charge is 0.191 e. The molecule has 0 aromatic carbocycles. The molecule has 7 nitrogen and oxygen atoms in total.